The van der Waals surface area contributed by atoms with E-state index >= 15 is 0 Å². The van der Waals surface area contributed by atoms with E-state index in [0.717, 1.165) is 12.7 Å². The highest BCUT2D eigenvalue weighted by molar-refractivity contribution is 5.53. The summed E-state index contributed by atoms with van der Waals surface area (Å²) in [6.07, 6.45) is -0.333. The molecule has 0 fully saturated rings. The molecule has 0 amide bonds. The molecule has 0 aliphatic heterocycles. The molecule has 0 aliphatic rings. The number of nitrogens with one attached hydrogen (secondary N) is 2. The van der Waals surface area contributed by atoms with Crippen LogP contribution in [-0.2, 0) is 0 Å². The average Bonchev–Trinajstić information content (AvgIpc) is 1.65. The highest BCUT2D eigenvalue weighted by Crippen LogP contribution is 1.42. The molecule has 0 saturated carbocycles. The van der Waals surface area contributed by atoms with Crippen molar-refractivity contribution in [3.8, 4) is 0 Å². The summed E-state index contributed by atoms with van der Waals surface area (Å²) in [5, 5.41) is 25.7. The summed E-state index contributed by atoms with van der Waals surface area (Å²) < 4.78 is 0. The van der Waals surface area contributed by atoms with E-state index in [4.69, 9.17) is 25.8 Å². The molecule has 0 aromatic rings. The number of hydrogen-bond donors (Lipinski definition) is 6. The normalized spacial score (nSPS) is 4.80. The van der Waals surface area contributed by atoms with Crippen molar-refractivity contribution in [3.05, 3.63) is 0 Å². The van der Waals surface area contributed by atoms with Gasteiger partial charge in [-0.2, -0.15) is 0 Å². The SMILES string of the molecule is N=CN.N=CN.O=C(O)O. The first-order chi connectivity index (χ1) is 4.56. The summed E-state index contributed by atoms with van der Waals surface area (Å²) in [4.78, 5) is 8.56. The number of hydrogen-bond acceptors (Lipinski definition) is 3. The Labute approximate surface area is 57.3 Å². The molecule has 60 valence electrons. The Balaban J connectivity index is -0.0000000750. The Morgan fingerprint density at radius 3 is 1.20 bits per heavy atom. The zero-order valence-electron chi connectivity index (χ0n) is 5.11. The summed E-state index contributed by atoms with van der Waals surface area (Å²) in [5.74, 6) is 0. The molecule has 0 spiro atoms. The van der Waals surface area contributed by atoms with Crippen molar-refractivity contribution in [2.75, 3.05) is 0 Å². The van der Waals surface area contributed by atoms with Gasteiger partial charge in [-0.1, -0.05) is 0 Å². The van der Waals surface area contributed by atoms with Crippen LogP contribution in [0.15, 0.2) is 0 Å². The lowest BCUT2D eigenvalue weighted by atomic mass is 11.4. The maximum atomic E-state index is 8.56. The molecule has 7 heteroatoms. The van der Waals surface area contributed by atoms with Gasteiger partial charge in [-0.3, -0.25) is 10.8 Å². The summed E-state index contributed by atoms with van der Waals surface area (Å²) in [5.41, 5.74) is 8.78. The monoisotopic (exact) mass is 150 g/mol. The molecule has 0 unspecified atom stereocenters. The van der Waals surface area contributed by atoms with E-state index in [-0.39, 0.29) is 0 Å². The van der Waals surface area contributed by atoms with E-state index in [0.29, 0.717) is 0 Å². The summed E-state index contributed by atoms with van der Waals surface area (Å²) in [6, 6.07) is 0. The first-order valence-corrected chi connectivity index (χ1v) is 1.90. The smallest absolute Gasteiger partial charge is 0.450 e. The van der Waals surface area contributed by atoms with Gasteiger partial charge in [0.25, 0.3) is 0 Å². The van der Waals surface area contributed by atoms with Gasteiger partial charge >= 0.3 is 6.16 Å². The Morgan fingerprint density at radius 1 is 1.20 bits per heavy atom. The largest absolute Gasteiger partial charge is 0.503 e. The van der Waals surface area contributed by atoms with Gasteiger partial charge in [0.2, 0.25) is 0 Å². The Hall–Kier alpha value is -1.79. The van der Waals surface area contributed by atoms with Crippen molar-refractivity contribution in [1.82, 2.24) is 0 Å². The van der Waals surface area contributed by atoms with Crippen LogP contribution >= 0.6 is 0 Å². The van der Waals surface area contributed by atoms with Crippen LogP contribution in [0.25, 0.3) is 0 Å². The van der Waals surface area contributed by atoms with Gasteiger partial charge in [0.05, 0.1) is 12.7 Å². The topological polar surface area (TPSA) is 157 Å². The molecule has 0 aromatic heterocycles. The Bertz CT molecular complexity index is 83.7. The summed E-state index contributed by atoms with van der Waals surface area (Å²) in [7, 11) is 0. The number of carboxylic acid groups (broad SMARTS) is 2. The molecule has 10 heavy (non-hydrogen) atoms. The van der Waals surface area contributed by atoms with Crippen LogP contribution in [0.4, 0.5) is 4.79 Å². The van der Waals surface area contributed by atoms with E-state index in [1.54, 1.807) is 0 Å². The minimum Gasteiger partial charge on any atom is -0.450 e. The van der Waals surface area contributed by atoms with Crippen LogP contribution in [-0.4, -0.2) is 29.0 Å². The lowest BCUT2D eigenvalue weighted by Gasteiger charge is -1.60. The fourth-order valence-electron chi connectivity index (χ4n) is 0. The van der Waals surface area contributed by atoms with Crippen LogP contribution in [0.1, 0.15) is 0 Å². The van der Waals surface area contributed by atoms with E-state index in [1.807, 2.05) is 0 Å². The van der Waals surface area contributed by atoms with Crippen molar-refractivity contribution in [2.24, 2.45) is 11.5 Å². The van der Waals surface area contributed by atoms with E-state index in [9.17, 15) is 0 Å². The second kappa shape index (κ2) is 27.0. The molecule has 7 nitrogen and oxygen atoms in total. The number of rotatable bonds is 0. The van der Waals surface area contributed by atoms with Gasteiger partial charge in [-0.25, -0.2) is 4.79 Å². The van der Waals surface area contributed by atoms with Crippen molar-refractivity contribution < 1.29 is 15.0 Å². The molecule has 0 saturated heterocycles. The third-order valence-electron chi connectivity index (χ3n) is 0. The average molecular weight is 150 g/mol. The maximum Gasteiger partial charge on any atom is 0.503 e. The molecule has 0 radical (unpaired) electrons. The van der Waals surface area contributed by atoms with Gasteiger partial charge < -0.3 is 21.7 Å². The molecular weight excluding hydrogens is 140 g/mol. The number of nitrogens with two attached hydrogens (primary N) is 2. The molecule has 0 rings (SSSR count). The highest BCUT2D eigenvalue weighted by Gasteiger charge is 1.70. The molecule has 0 atom stereocenters. The predicted molar refractivity (Wildman–Crippen MR) is 36.6 cm³/mol. The molecular formula is C3H10N4O3. The van der Waals surface area contributed by atoms with Gasteiger partial charge in [-0.05, 0) is 0 Å². The second-order valence-corrected chi connectivity index (χ2v) is 0.616. The summed E-state index contributed by atoms with van der Waals surface area (Å²) >= 11 is 0. The van der Waals surface area contributed by atoms with Crippen LogP contribution < -0.4 is 11.5 Å². The standard InChI is InChI=1S/2CH4N2.CH2O3/c2*2-1-3;2-1(3)4/h2*1H,(H3,2,3);(H2,2,3,4). The minimum atomic E-state index is -1.83. The predicted octanol–water partition coefficient (Wildman–Crippen LogP) is -0.673. The van der Waals surface area contributed by atoms with Gasteiger partial charge in [0, 0.05) is 0 Å². The Kier molecular flexibility index (Phi) is 42.4. The second-order valence-electron chi connectivity index (χ2n) is 0.616. The quantitative estimate of drug-likeness (QED) is 0.199. The van der Waals surface area contributed by atoms with Crippen LogP contribution in [0.3, 0.4) is 0 Å². The first-order valence-electron chi connectivity index (χ1n) is 1.90. The zero-order chi connectivity index (χ0) is 8.99. The summed E-state index contributed by atoms with van der Waals surface area (Å²) in [6.45, 7) is 0. The van der Waals surface area contributed by atoms with Crippen LogP contribution in [0.5, 0.6) is 0 Å². The van der Waals surface area contributed by atoms with Gasteiger partial charge in [-0.15, -0.1) is 0 Å². The van der Waals surface area contributed by atoms with E-state index in [1.165, 1.54) is 0 Å². The zero-order valence-corrected chi connectivity index (χ0v) is 5.11. The van der Waals surface area contributed by atoms with Crippen molar-refractivity contribution in [3.63, 3.8) is 0 Å². The third kappa shape index (κ3) is 52.6. The highest BCUT2D eigenvalue weighted by atomic mass is 16.6. The first kappa shape index (κ1) is 15.7. The molecule has 8 N–H and O–H groups in total. The minimum absolute atomic E-state index is 0.750. The number of carbonyl (C=O) groups is 1. The van der Waals surface area contributed by atoms with Crippen molar-refractivity contribution in [2.45, 2.75) is 0 Å². The van der Waals surface area contributed by atoms with Crippen LogP contribution in [0.2, 0.25) is 0 Å². The van der Waals surface area contributed by atoms with Gasteiger partial charge in [0.1, 0.15) is 0 Å². The fourth-order valence-corrected chi connectivity index (χ4v) is 0. The van der Waals surface area contributed by atoms with Crippen molar-refractivity contribution >= 4 is 18.8 Å². The molecule has 0 aromatic carbocycles. The third-order valence-corrected chi connectivity index (χ3v) is 0. The lowest BCUT2D eigenvalue weighted by molar-refractivity contribution is 0.137. The lowest BCUT2D eigenvalue weighted by Crippen LogP contribution is -1.81. The molecule has 0 heterocycles. The Morgan fingerprint density at radius 2 is 1.20 bits per heavy atom. The molecule has 0 bridgehead atoms. The maximum absolute atomic E-state index is 8.56. The van der Waals surface area contributed by atoms with Gasteiger partial charge in [0.15, 0.2) is 0 Å². The van der Waals surface area contributed by atoms with E-state index < -0.39 is 6.16 Å². The molecule has 0 aliphatic carbocycles. The fraction of sp³-hybridized carbons (Fsp3) is 0. The van der Waals surface area contributed by atoms with Crippen LogP contribution in [0, 0.1) is 10.8 Å². The van der Waals surface area contributed by atoms with E-state index in [2.05, 4.69) is 11.5 Å². The van der Waals surface area contributed by atoms with Crippen molar-refractivity contribution in [1.29, 1.82) is 10.8 Å².